The van der Waals surface area contributed by atoms with Crippen molar-refractivity contribution in [3.05, 3.63) is 54.1 Å². The summed E-state index contributed by atoms with van der Waals surface area (Å²) in [7, 11) is 0. The molecule has 1 heterocycles. The fourth-order valence-corrected chi connectivity index (χ4v) is 2.34. The molecule has 2 aromatic rings. The van der Waals surface area contributed by atoms with Gasteiger partial charge in [0, 0.05) is 37.6 Å². The van der Waals surface area contributed by atoms with E-state index in [1.54, 1.807) is 12.4 Å². The quantitative estimate of drug-likeness (QED) is 0.767. The SMILES string of the molecule is CCCN(CCC)c1ccc(Cc2ncccn2)cc1. The monoisotopic (exact) mass is 269 g/mol. The zero-order valence-corrected chi connectivity index (χ0v) is 12.4. The molecular formula is C17H23N3. The standard InChI is InChI=1S/C17H23N3/c1-3-12-20(13-4-2)16-8-6-15(7-9-16)14-17-18-10-5-11-19-17/h5-11H,3-4,12-14H2,1-2H3. The van der Waals surface area contributed by atoms with Crippen LogP contribution in [0.4, 0.5) is 5.69 Å². The van der Waals surface area contributed by atoms with Gasteiger partial charge in [0.05, 0.1) is 0 Å². The first-order valence-electron chi connectivity index (χ1n) is 7.43. The van der Waals surface area contributed by atoms with Gasteiger partial charge in [0.25, 0.3) is 0 Å². The third-order valence-electron chi connectivity index (χ3n) is 3.27. The fourth-order valence-electron chi connectivity index (χ4n) is 2.34. The molecule has 106 valence electrons. The Morgan fingerprint density at radius 2 is 1.50 bits per heavy atom. The maximum absolute atomic E-state index is 4.27. The zero-order chi connectivity index (χ0) is 14.2. The van der Waals surface area contributed by atoms with Gasteiger partial charge in [-0.1, -0.05) is 26.0 Å². The van der Waals surface area contributed by atoms with E-state index >= 15 is 0 Å². The molecule has 0 saturated carbocycles. The van der Waals surface area contributed by atoms with Gasteiger partial charge in [0.1, 0.15) is 5.82 Å². The highest BCUT2D eigenvalue weighted by Crippen LogP contribution is 2.17. The van der Waals surface area contributed by atoms with Crippen molar-refractivity contribution in [1.29, 1.82) is 0 Å². The van der Waals surface area contributed by atoms with E-state index in [9.17, 15) is 0 Å². The van der Waals surface area contributed by atoms with Crippen LogP contribution in [0.5, 0.6) is 0 Å². The van der Waals surface area contributed by atoms with Gasteiger partial charge in [0.15, 0.2) is 0 Å². The second kappa shape index (κ2) is 7.63. The number of benzene rings is 1. The van der Waals surface area contributed by atoms with E-state index in [4.69, 9.17) is 0 Å². The van der Waals surface area contributed by atoms with E-state index in [1.165, 1.54) is 24.1 Å². The first kappa shape index (κ1) is 14.5. The topological polar surface area (TPSA) is 29.0 Å². The summed E-state index contributed by atoms with van der Waals surface area (Å²) in [6, 6.07) is 10.6. The van der Waals surface area contributed by atoms with E-state index in [0.717, 1.165) is 25.3 Å². The molecular weight excluding hydrogens is 246 g/mol. The Morgan fingerprint density at radius 1 is 0.900 bits per heavy atom. The summed E-state index contributed by atoms with van der Waals surface area (Å²) in [5.41, 5.74) is 2.57. The lowest BCUT2D eigenvalue weighted by molar-refractivity contribution is 0.745. The predicted molar refractivity (Wildman–Crippen MR) is 84.1 cm³/mol. The molecule has 0 radical (unpaired) electrons. The summed E-state index contributed by atoms with van der Waals surface area (Å²) >= 11 is 0. The second-order valence-electron chi connectivity index (χ2n) is 5.00. The van der Waals surface area contributed by atoms with Crippen molar-refractivity contribution in [1.82, 2.24) is 9.97 Å². The van der Waals surface area contributed by atoms with Crippen LogP contribution in [0.25, 0.3) is 0 Å². The Bertz CT molecular complexity index is 487. The largest absolute Gasteiger partial charge is 0.372 e. The molecule has 0 amide bonds. The summed E-state index contributed by atoms with van der Waals surface area (Å²) < 4.78 is 0. The van der Waals surface area contributed by atoms with E-state index in [0.29, 0.717) is 0 Å². The van der Waals surface area contributed by atoms with Crippen LogP contribution in [-0.2, 0) is 6.42 Å². The van der Waals surface area contributed by atoms with E-state index in [1.807, 2.05) is 6.07 Å². The molecule has 0 fully saturated rings. The number of hydrogen-bond acceptors (Lipinski definition) is 3. The van der Waals surface area contributed by atoms with Gasteiger partial charge in [-0.05, 0) is 36.6 Å². The minimum absolute atomic E-state index is 0.794. The number of rotatable bonds is 7. The van der Waals surface area contributed by atoms with Crippen LogP contribution < -0.4 is 4.90 Å². The minimum Gasteiger partial charge on any atom is -0.372 e. The van der Waals surface area contributed by atoms with Crippen LogP contribution in [-0.4, -0.2) is 23.1 Å². The lowest BCUT2D eigenvalue weighted by Crippen LogP contribution is -2.24. The third kappa shape index (κ3) is 4.05. The number of hydrogen-bond donors (Lipinski definition) is 0. The molecule has 0 aliphatic carbocycles. The van der Waals surface area contributed by atoms with Crippen LogP contribution in [0.15, 0.2) is 42.7 Å². The lowest BCUT2D eigenvalue weighted by atomic mass is 10.1. The highest BCUT2D eigenvalue weighted by atomic mass is 15.1. The van der Waals surface area contributed by atoms with Crippen LogP contribution in [0, 0.1) is 0 Å². The molecule has 0 bridgehead atoms. The molecule has 1 aromatic carbocycles. The molecule has 1 aromatic heterocycles. The molecule has 0 atom stereocenters. The van der Waals surface area contributed by atoms with Gasteiger partial charge >= 0.3 is 0 Å². The Balaban J connectivity index is 2.05. The molecule has 0 saturated heterocycles. The molecule has 0 aliphatic heterocycles. The van der Waals surface area contributed by atoms with Gasteiger partial charge in [-0.3, -0.25) is 0 Å². The summed E-state index contributed by atoms with van der Waals surface area (Å²) in [6.45, 7) is 6.69. The molecule has 3 nitrogen and oxygen atoms in total. The van der Waals surface area contributed by atoms with Crippen LogP contribution in [0.1, 0.15) is 38.1 Å². The average molecular weight is 269 g/mol. The Hall–Kier alpha value is -1.90. The summed E-state index contributed by atoms with van der Waals surface area (Å²) in [5, 5.41) is 0. The van der Waals surface area contributed by atoms with Gasteiger partial charge in [0.2, 0.25) is 0 Å². The zero-order valence-electron chi connectivity index (χ0n) is 12.4. The maximum atomic E-state index is 4.27. The van der Waals surface area contributed by atoms with Crippen molar-refractivity contribution in [2.24, 2.45) is 0 Å². The maximum Gasteiger partial charge on any atom is 0.132 e. The normalized spacial score (nSPS) is 10.5. The van der Waals surface area contributed by atoms with Crippen molar-refractivity contribution < 1.29 is 0 Å². The minimum atomic E-state index is 0.794. The molecule has 0 N–H and O–H groups in total. The summed E-state index contributed by atoms with van der Waals surface area (Å²) in [5.74, 6) is 0.874. The number of anilines is 1. The van der Waals surface area contributed by atoms with E-state index in [-0.39, 0.29) is 0 Å². The van der Waals surface area contributed by atoms with E-state index < -0.39 is 0 Å². The highest BCUT2D eigenvalue weighted by Gasteiger charge is 2.05. The lowest BCUT2D eigenvalue weighted by Gasteiger charge is -2.23. The van der Waals surface area contributed by atoms with Crippen molar-refractivity contribution in [3.8, 4) is 0 Å². The van der Waals surface area contributed by atoms with Crippen molar-refractivity contribution in [2.45, 2.75) is 33.1 Å². The van der Waals surface area contributed by atoms with Crippen molar-refractivity contribution >= 4 is 5.69 Å². The first-order valence-corrected chi connectivity index (χ1v) is 7.43. The Kier molecular flexibility index (Phi) is 5.54. The number of aromatic nitrogens is 2. The summed E-state index contributed by atoms with van der Waals surface area (Å²) in [4.78, 5) is 11.0. The second-order valence-corrected chi connectivity index (χ2v) is 5.00. The smallest absolute Gasteiger partial charge is 0.132 e. The summed E-state index contributed by atoms with van der Waals surface area (Å²) in [6.07, 6.45) is 6.74. The average Bonchev–Trinajstić information content (AvgIpc) is 2.49. The molecule has 20 heavy (non-hydrogen) atoms. The van der Waals surface area contributed by atoms with E-state index in [2.05, 4.69) is 53.0 Å². The molecule has 3 heteroatoms. The van der Waals surface area contributed by atoms with Gasteiger partial charge < -0.3 is 4.90 Å². The Labute approximate surface area is 121 Å². The molecule has 0 aliphatic rings. The van der Waals surface area contributed by atoms with Crippen molar-refractivity contribution in [3.63, 3.8) is 0 Å². The van der Waals surface area contributed by atoms with Gasteiger partial charge in [-0.15, -0.1) is 0 Å². The fraction of sp³-hybridized carbons (Fsp3) is 0.412. The predicted octanol–water partition coefficient (Wildman–Crippen LogP) is 3.69. The first-order chi connectivity index (χ1) is 9.83. The van der Waals surface area contributed by atoms with Crippen LogP contribution in [0.3, 0.4) is 0 Å². The molecule has 2 rings (SSSR count). The highest BCUT2D eigenvalue weighted by molar-refractivity contribution is 5.47. The molecule has 0 spiro atoms. The molecule has 0 unspecified atom stereocenters. The number of nitrogens with zero attached hydrogens (tertiary/aromatic N) is 3. The van der Waals surface area contributed by atoms with Gasteiger partial charge in [-0.25, -0.2) is 9.97 Å². The Morgan fingerprint density at radius 3 is 2.05 bits per heavy atom. The van der Waals surface area contributed by atoms with Gasteiger partial charge in [-0.2, -0.15) is 0 Å². The van der Waals surface area contributed by atoms with Crippen LogP contribution in [0.2, 0.25) is 0 Å². The van der Waals surface area contributed by atoms with Crippen molar-refractivity contribution in [2.75, 3.05) is 18.0 Å². The van der Waals surface area contributed by atoms with Crippen LogP contribution >= 0.6 is 0 Å². The third-order valence-corrected chi connectivity index (χ3v) is 3.27.